The van der Waals surface area contributed by atoms with E-state index in [2.05, 4.69) is 25.5 Å². The number of hydrogen-bond donors (Lipinski definition) is 4. The van der Waals surface area contributed by atoms with Crippen LogP contribution in [0.2, 0.25) is 5.02 Å². The number of amides is 1. The van der Waals surface area contributed by atoms with E-state index in [4.69, 9.17) is 22.7 Å². The minimum atomic E-state index is -5.10. The quantitative estimate of drug-likeness (QED) is 0.239. The molecule has 0 radical (unpaired) electrons. The van der Waals surface area contributed by atoms with Crippen molar-refractivity contribution in [3.8, 4) is 5.82 Å². The second kappa shape index (κ2) is 9.20. The van der Waals surface area contributed by atoms with Crippen molar-refractivity contribution >= 4 is 41.0 Å². The summed E-state index contributed by atoms with van der Waals surface area (Å²) in [5.41, 5.74) is 2.58. The highest BCUT2D eigenvalue weighted by Crippen LogP contribution is 2.31. The Morgan fingerprint density at radius 3 is 2.48 bits per heavy atom. The first-order chi connectivity index (χ1) is 15.5. The summed E-state index contributed by atoms with van der Waals surface area (Å²) in [7, 11) is 0. The molecule has 5 N–H and O–H groups in total. The number of carbonyl (C=O) groups is 1. The monoisotopic (exact) mass is 483 g/mol. The number of rotatable bonds is 6. The van der Waals surface area contributed by atoms with Gasteiger partial charge in [0.15, 0.2) is 17.5 Å². The molecule has 0 aliphatic heterocycles. The third-order valence-electron chi connectivity index (χ3n) is 4.07. The molecule has 0 spiro atoms. The fourth-order valence-corrected chi connectivity index (χ4v) is 2.79. The summed E-state index contributed by atoms with van der Waals surface area (Å²) in [5.74, 6) is -3.16. The Bertz CT molecular complexity index is 1240. The van der Waals surface area contributed by atoms with Crippen LogP contribution in [-0.2, 0) is 4.79 Å². The van der Waals surface area contributed by atoms with Crippen molar-refractivity contribution in [1.82, 2.24) is 25.0 Å². The Kier molecular flexibility index (Phi) is 6.57. The molecular formula is C18H14ClF4N9O. The Morgan fingerprint density at radius 2 is 1.91 bits per heavy atom. The predicted octanol–water partition coefficient (Wildman–Crippen LogP) is 3.26. The summed E-state index contributed by atoms with van der Waals surface area (Å²) in [6, 6.07) is 2.10. The van der Waals surface area contributed by atoms with Gasteiger partial charge in [-0.05, 0) is 24.6 Å². The summed E-state index contributed by atoms with van der Waals surface area (Å²) >= 11 is 6.09. The second-order valence-electron chi connectivity index (χ2n) is 6.38. The van der Waals surface area contributed by atoms with Crippen LogP contribution in [0.3, 0.4) is 0 Å². The van der Waals surface area contributed by atoms with Crippen LogP contribution in [0, 0.1) is 18.2 Å². The molecule has 0 aliphatic rings. The van der Waals surface area contributed by atoms with Gasteiger partial charge in [-0.1, -0.05) is 11.6 Å². The maximum absolute atomic E-state index is 13.7. The molecule has 3 aromatic rings. The number of carbonyl (C=O) groups excluding carboxylic acids is 1. The van der Waals surface area contributed by atoms with E-state index in [1.54, 1.807) is 0 Å². The lowest BCUT2D eigenvalue weighted by atomic mass is 10.1. The van der Waals surface area contributed by atoms with Crippen molar-refractivity contribution in [2.24, 2.45) is 0 Å². The van der Waals surface area contributed by atoms with E-state index in [9.17, 15) is 22.4 Å². The van der Waals surface area contributed by atoms with E-state index in [0.717, 1.165) is 17.1 Å². The molecule has 3 heterocycles. The number of alkyl halides is 3. The van der Waals surface area contributed by atoms with Crippen molar-refractivity contribution in [1.29, 1.82) is 5.41 Å². The third kappa shape index (κ3) is 5.23. The molecule has 0 aromatic carbocycles. The molecule has 0 atom stereocenters. The summed E-state index contributed by atoms with van der Waals surface area (Å²) in [6.07, 6.45) is -1.01. The van der Waals surface area contributed by atoms with Gasteiger partial charge in [0.05, 0.1) is 34.9 Å². The maximum Gasteiger partial charge on any atom is 0.432 e. The first-order valence-corrected chi connectivity index (χ1v) is 9.24. The highest BCUT2D eigenvalue weighted by atomic mass is 35.5. The molecule has 0 bridgehead atoms. The van der Waals surface area contributed by atoms with Crippen molar-refractivity contribution in [3.05, 3.63) is 58.4 Å². The van der Waals surface area contributed by atoms with Gasteiger partial charge in [-0.3, -0.25) is 4.79 Å². The molecule has 15 heteroatoms. The van der Waals surface area contributed by atoms with Crippen LogP contribution < -0.4 is 16.4 Å². The summed E-state index contributed by atoms with van der Waals surface area (Å²) in [4.78, 5) is 21.2. The molecule has 0 saturated carbocycles. The smallest absolute Gasteiger partial charge is 0.381 e. The van der Waals surface area contributed by atoms with Crippen LogP contribution in [0.25, 0.3) is 5.82 Å². The van der Waals surface area contributed by atoms with Gasteiger partial charge >= 0.3 is 6.18 Å². The zero-order valence-electron chi connectivity index (χ0n) is 16.6. The molecule has 0 aliphatic carbocycles. The summed E-state index contributed by atoms with van der Waals surface area (Å²) < 4.78 is 54.7. The van der Waals surface area contributed by atoms with E-state index in [0.29, 0.717) is 0 Å². The molecule has 1 amide bonds. The number of halogens is 5. The highest BCUT2D eigenvalue weighted by molar-refractivity contribution is 6.32. The molecule has 172 valence electrons. The number of aromatic nitrogens is 5. The molecule has 0 saturated heterocycles. The minimum absolute atomic E-state index is 0.000152. The Labute approximate surface area is 188 Å². The van der Waals surface area contributed by atoms with E-state index in [1.807, 2.05) is 5.32 Å². The number of hydrogen-bond acceptors (Lipinski definition) is 8. The molecule has 33 heavy (non-hydrogen) atoms. The Morgan fingerprint density at radius 1 is 1.24 bits per heavy atom. The first kappa shape index (κ1) is 23.6. The van der Waals surface area contributed by atoms with Crippen LogP contribution >= 0.6 is 11.6 Å². The third-order valence-corrected chi connectivity index (χ3v) is 4.34. The topological polar surface area (TPSA) is 147 Å². The zero-order chi connectivity index (χ0) is 24.3. The average Bonchev–Trinajstić information content (AvgIpc) is 3.25. The van der Waals surface area contributed by atoms with Gasteiger partial charge in [0, 0.05) is 6.21 Å². The number of nitrogen functional groups attached to an aromatic ring is 1. The lowest BCUT2D eigenvalue weighted by Gasteiger charge is -2.18. The van der Waals surface area contributed by atoms with Crippen LogP contribution in [0.4, 0.5) is 34.9 Å². The number of nitrogens with two attached hydrogens (primary N) is 1. The number of aryl methyl sites for hydroxylation is 1. The fourth-order valence-electron chi connectivity index (χ4n) is 2.55. The number of nitrogens with zero attached hydrogens (tertiary/aromatic N) is 5. The molecule has 10 nitrogen and oxygen atoms in total. The van der Waals surface area contributed by atoms with Gasteiger partial charge < -0.3 is 21.8 Å². The van der Waals surface area contributed by atoms with Crippen molar-refractivity contribution in [2.45, 2.75) is 13.1 Å². The van der Waals surface area contributed by atoms with E-state index >= 15 is 0 Å². The summed E-state index contributed by atoms with van der Waals surface area (Å²) in [5, 5.41) is 19.2. The Balaban J connectivity index is 1.95. The van der Waals surface area contributed by atoms with E-state index < -0.39 is 40.8 Å². The maximum atomic E-state index is 13.7. The van der Waals surface area contributed by atoms with E-state index in [1.165, 1.54) is 25.4 Å². The van der Waals surface area contributed by atoms with Crippen LogP contribution in [0.15, 0.2) is 42.0 Å². The van der Waals surface area contributed by atoms with Crippen LogP contribution in [-0.4, -0.2) is 43.3 Å². The van der Waals surface area contributed by atoms with Crippen molar-refractivity contribution < 1.29 is 22.4 Å². The van der Waals surface area contributed by atoms with E-state index in [-0.39, 0.29) is 28.3 Å². The second-order valence-corrected chi connectivity index (χ2v) is 6.79. The molecule has 0 unspecified atom stereocenters. The number of anilines is 3. The van der Waals surface area contributed by atoms with Gasteiger partial charge in [0.1, 0.15) is 11.5 Å². The predicted molar refractivity (Wildman–Crippen MR) is 112 cm³/mol. The standard InChI is InChI=1S/C18H14ClF4N9O/c1-8-4-12(20)14(25)31-15(8)30-13(18(21,22)23)10(6-24)17(33)29-9-5-11(19)16(26-7-9)32-27-2-3-28-32/h2-7,24H,1H3,(H,29,33)(H3,25,30,31)/b13-10+,24-6?. The van der Waals surface area contributed by atoms with Crippen molar-refractivity contribution in [2.75, 3.05) is 16.4 Å². The van der Waals surface area contributed by atoms with Crippen molar-refractivity contribution in [3.63, 3.8) is 0 Å². The normalized spacial score (nSPS) is 12.2. The zero-order valence-corrected chi connectivity index (χ0v) is 17.3. The van der Waals surface area contributed by atoms with Crippen LogP contribution in [0.5, 0.6) is 0 Å². The molecule has 0 fully saturated rings. The van der Waals surface area contributed by atoms with Gasteiger partial charge in [-0.15, -0.1) is 4.80 Å². The Hall–Kier alpha value is -4.07. The van der Waals surface area contributed by atoms with Gasteiger partial charge in [0.25, 0.3) is 5.91 Å². The average molecular weight is 484 g/mol. The number of allylic oxidation sites excluding steroid dienone is 1. The lowest BCUT2D eigenvalue weighted by molar-refractivity contribution is -0.114. The lowest BCUT2D eigenvalue weighted by Crippen LogP contribution is -2.28. The SMILES string of the molecule is Cc1cc(F)c(N)nc1N/C(=C(\C=N)C(=O)Nc1cnc(-n2nccn2)c(Cl)c1)C(F)(F)F. The number of pyridine rings is 2. The largest absolute Gasteiger partial charge is 0.432 e. The number of nitrogens with one attached hydrogen (secondary N) is 3. The van der Waals surface area contributed by atoms with Crippen LogP contribution in [0.1, 0.15) is 5.56 Å². The summed E-state index contributed by atoms with van der Waals surface area (Å²) in [6.45, 7) is 1.29. The fraction of sp³-hybridized carbons (Fsp3) is 0.111. The van der Waals surface area contributed by atoms with Gasteiger partial charge in [0.2, 0.25) is 0 Å². The highest BCUT2D eigenvalue weighted by Gasteiger charge is 2.39. The molecule has 3 aromatic heterocycles. The first-order valence-electron chi connectivity index (χ1n) is 8.86. The molecular weight excluding hydrogens is 470 g/mol. The minimum Gasteiger partial charge on any atom is -0.381 e. The van der Waals surface area contributed by atoms with Gasteiger partial charge in [-0.25, -0.2) is 14.4 Å². The van der Waals surface area contributed by atoms with Gasteiger partial charge in [-0.2, -0.15) is 23.4 Å². The molecule has 3 rings (SSSR count).